The van der Waals surface area contributed by atoms with E-state index in [1.807, 2.05) is 13.8 Å². The maximum absolute atomic E-state index is 13.0. The molecule has 8 nitrogen and oxygen atoms in total. The Morgan fingerprint density at radius 3 is 2.36 bits per heavy atom. The second-order valence-corrected chi connectivity index (χ2v) is 10.1. The number of ether oxygens (including phenoxy) is 2. The highest BCUT2D eigenvalue weighted by molar-refractivity contribution is 7.89. The third-order valence-corrected chi connectivity index (χ3v) is 7.83. The van der Waals surface area contributed by atoms with Gasteiger partial charge in [0.05, 0.1) is 23.6 Å². The van der Waals surface area contributed by atoms with Crippen molar-refractivity contribution in [2.75, 3.05) is 25.5 Å². The monoisotopic (exact) mass is 474 g/mol. The van der Waals surface area contributed by atoms with Crippen LogP contribution in [0.15, 0.2) is 47.4 Å². The standard InChI is InChI=1S/C24H30N2O6S/c1-16-9-10-20(15-17(16)2)33(29,30)26-13-11-19(12-14-26)24(28)32-18(3)23(27)25-21-7-5-6-8-22(21)31-4/h5-10,15,18-19H,11-14H2,1-4H3,(H,25,27)/t18-/m0/s1. The second kappa shape index (κ2) is 10.4. The van der Waals surface area contributed by atoms with Gasteiger partial charge in [0.15, 0.2) is 6.10 Å². The number of nitrogens with zero attached hydrogens (tertiary/aromatic N) is 1. The Balaban J connectivity index is 1.55. The third kappa shape index (κ3) is 5.72. The fraction of sp³-hybridized carbons (Fsp3) is 0.417. The van der Waals surface area contributed by atoms with Crippen LogP contribution >= 0.6 is 0 Å². The molecule has 0 saturated carbocycles. The molecule has 33 heavy (non-hydrogen) atoms. The molecule has 2 aromatic carbocycles. The van der Waals surface area contributed by atoms with Gasteiger partial charge in [-0.05, 0) is 69.0 Å². The zero-order valence-corrected chi connectivity index (χ0v) is 20.1. The fourth-order valence-electron chi connectivity index (χ4n) is 3.66. The van der Waals surface area contributed by atoms with Gasteiger partial charge in [0.2, 0.25) is 10.0 Å². The van der Waals surface area contributed by atoms with Crippen LogP contribution in [0.4, 0.5) is 5.69 Å². The van der Waals surface area contributed by atoms with E-state index >= 15 is 0 Å². The van der Waals surface area contributed by atoms with Gasteiger partial charge in [-0.2, -0.15) is 4.31 Å². The summed E-state index contributed by atoms with van der Waals surface area (Å²) in [5.74, 6) is -0.928. The van der Waals surface area contributed by atoms with Gasteiger partial charge in [-0.15, -0.1) is 0 Å². The number of methoxy groups -OCH3 is 1. The van der Waals surface area contributed by atoms with Crippen LogP contribution in [0.1, 0.15) is 30.9 Å². The number of carbonyl (C=O) groups excluding carboxylic acids is 2. The van der Waals surface area contributed by atoms with Gasteiger partial charge in [-0.1, -0.05) is 18.2 Å². The lowest BCUT2D eigenvalue weighted by Gasteiger charge is -2.30. The first-order valence-electron chi connectivity index (χ1n) is 10.8. The molecule has 1 aliphatic rings. The Hall–Kier alpha value is -2.91. The minimum atomic E-state index is -3.62. The van der Waals surface area contributed by atoms with Crippen molar-refractivity contribution in [2.24, 2.45) is 5.92 Å². The summed E-state index contributed by atoms with van der Waals surface area (Å²) >= 11 is 0. The van der Waals surface area contributed by atoms with Crippen LogP contribution in [-0.4, -0.2) is 50.9 Å². The number of sulfonamides is 1. The smallest absolute Gasteiger partial charge is 0.309 e. The Labute approximate surface area is 194 Å². The number of anilines is 1. The zero-order chi connectivity index (χ0) is 24.2. The van der Waals surface area contributed by atoms with Crippen molar-refractivity contribution in [3.63, 3.8) is 0 Å². The Kier molecular flexibility index (Phi) is 7.76. The zero-order valence-electron chi connectivity index (χ0n) is 19.3. The molecule has 0 unspecified atom stereocenters. The van der Waals surface area contributed by atoms with Gasteiger partial charge in [0.1, 0.15) is 5.75 Å². The normalized spacial score (nSPS) is 16.1. The number of para-hydroxylation sites is 2. The number of hydrogen-bond donors (Lipinski definition) is 1. The minimum absolute atomic E-state index is 0.219. The molecule has 2 aromatic rings. The van der Waals surface area contributed by atoms with E-state index in [1.54, 1.807) is 42.5 Å². The fourth-order valence-corrected chi connectivity index (χ4v) is 5.22. The van der Waals surface area contributed by atoms with E-state index in [-0.39, 0.29) is 18.0 Å². The van der Waals surface area contributed by atoms with Crippen LogP contribution in [0.25, 0.3) is 0 Å². The van der Waals surface area contributed by atoms with E-state index in [1.165, 1.54) is 18.3 Å². The number of hydrogen-bond acceptors (Lipinski definition) is 6. The molecule has 1 fully saturated rings. The SMILES string of the molecule is COc1ccccc1NC(=O)[C@H](C)OC(=O)C1CCN(S(=O)(=O)c2ccc(C)c(C)c2)CC1. The van der Waals surface area contributed by atoms with Crippen molar-refractivity contribution in [1.82, 2.24) is 4.31 Å². The van der Waals surface area contributed by atoms with E-state index in [0.29, 0.717) is 24.3 Å². The van der Waals surface area contributed by atoms with Crippen LogP contribution < -0.4 is 10.1 Å². The molecule has 3 rings (SSSR count). The third-order valence-electron chi connectivity index (χ3n) is 5.93. The molecule has 0 radical (unpaired) electrons. The molecule has 1 amide bonds. The van der Waals surface area contributed by atoms with Gasteiger partial charge >= 0.3 is 5.97 Å². The molecule has 1 aliphatic heterocycles. The van der Waals surface area contributed by atoms with Crippen molar-refractivity contribution in [2.45, 2.75) is 44.6 Å². The van der Waals surface area contributed by atoms with Crippen LogP contribution in [-0.2, 0) is 24.3 Å². The average molecular weight is 475 g/mol. The van der Waals surface area contributed by atoms with E-state index < -0.39 is 33.9 Å². The van der Waals surface area contributed by atoms with Crippen LogP contribution in [0.5, 0.6) is 5.75 Å². The Morgan fingerprint density at radius 2 is 1.73 bits per heavy atom. The summed E-state index contributed by atoms with van der Waals surface area (Å²) < 4.78 is 37.9. The summed E-state index contributed by atoms with van der Waals surface area (Å²) in [6, 6.07) is 12.0. The van der Waals surface area contributed by atoms with E-state index in [9.17, 15) is 18.0 Å². The van der Waals surface area contributed by atoms with Gasteiger partial charge in [-0.25, -0.2) is 8.42 Å². The molecule has 1 N–H and O–H groups in total. The number of nitrogens with one attached hydrogen (secondary N) is 1. The van der Waals surface area contributed by atoms with E-state index in [4.69, 9.17) is 9.47 Å². The summed E-state index contributed by atoms with van der Waals surface area (Å²) in [5.41, 5.74) is 2.42. The van der Waals surface area contributed by atoms with Gasteiger partial charge in [0.25, 0.3) is 5.91 Å². The Morgan fingerprint density at radius 1 is 1.06 bits per heavy atom. The molecule has 1 atom stereocenters. The number of esters is 1. The highest BCUT2D eigenvalue weighted by atomic mass is 32.2. The minimum Gasteiger partial charge on any atom is -0.495 e. The van der Waals surface area contributed by atoms with Crippen molar-refractivity contribution in [1.29, 1.82) is 0 Å². The largest absolute Gasteiger partial charge is 0.495 e. The molecule has 1 heterocycles. The molecule has 0 aliphatic carbocycles. The molecular weight excluding hydrogens is 444 g/mol. The summed E-state index contributed by atoms with van der Waals surface area (Å²) in [5, 5.41) is 2.69. The summed E-state index contributed by atoms with van der Waals surface area (Å²) in [6.07, 6.45) is -0.326. The highest BCUT2D eigenvalue weighted by Crippen LogP contribution is 2.27. The second-order valence-electron chi connectivity index (χ2n) is 8.19. The lowest BCUT2D eigenvalue weighted by molar-refractivity contribution is -0.158. The van der Waals surface area contributed by atoms with Crippen molar-refractivity contribution >= 4 is 27.6 Å². The quantitative estimate of drug-likeness (QED) is 0.618. The molecule has 178 valence electrons. The maximum Gasteiger partial charge on any atom is 0.309 e. The molecular formula is C24H30N2O6S. The molecule has 1 saturated heterocycles. The lowest BCUT2D eigenvalue weighted by Crippen LogP contribution is -2.41. The van der Waals surface area contributed by atoms with Gasteiger partial charge in [-0.3, -0.25) is 9.59 Å². The topological polar surface area (TPSA) is 102 Å². The van der Waals surface area contributed by atoms with Crippen molar-refractivity contribution < 1.29 is 27.5 Å². The summed E-state index contributed by atoms with van der Waals surface area (Å²) in [4.78, 5) is 25.3. The first-order valence-corrected chi connectivity index (χ1v) is 12.3. The van der Waals surface area contributed by atoms with Crippen LogP contribution in [0, 0.1) is 19.8 Å². The van der Waals surface area contributed by atoms with E-state index in [0.717, 1.165) is 11.1 Å². The van der Waals surface area contributed by atoms with E-state index in [2.05, 4.69) is 5.32 Å². The lowest BCUT2D eigenvalue weighted by atomic mass is 9.98. The predicted octanol–water partition coefficient (Wildman–Crippen LogP) is 3.28. The molecule has 0 aromatic heterocycles. The van der Waals surface area contributed by atoms with Crippen LogP contribution in [0.3, 0.4) is 0 Å². The van der Waals surface area contributed by atoms with Gasteiger partial charge in [0, 0.05) is 13.1 Å². The number of carbonyl (C=O) groups is 2. The maximum atomic E-state index is 13.0. The molecule has 0 bridgehead atoms. The first kappa shape index (κ1) is 24.7. The number of amides is 1. The predicted molar refractivity (Wildman–Crippen MR) is 125 cm³/mol. The highest BCUT2D eigenvalue weighted by Gasteiger charge is 2.34. The van der Waals surface area contributed by atoms with Crippen molar-refractivity contribution in [3.8, 4) is 5.75 Å². The summed E-state index contributed by atoms with van der Waals surface area (Å²) in [7, 11) is -2.12. The van der Waals surface area contributed by atoms with Crippen molar-refractivity contribution in [3.05, 3.63) is 53.6 Å². The van der Waals surface area contributed by atoms with Gasteiger partial charge < -0.3 is 14.8 Å². The number of benzene rings is 2. The Bertz CT molecular complexity index is 1120. The summed E-state index contributed by atoms with van der Waals surface area (Å²) in [6.45, 7) is 5.75. The molecule has 0 spiro atoms. The number of piperidine rings is 1. The average Bonchev–Trinajstić information content (AvgIpc) is 2.81. The molecule has 9 heteroatoms. The van der Waals surface area contributed by atoms with Crippen LogP contribution in [0.2, 0.25) is 0 Å². The number of aryl methyl sites for hydroxylation is 2. The first-order chi connectivity index (χ1) is 15.6. The number of rotatable bonds is 7.